The summed E-state index contributed by atoms with van der Waals surface area (Å²) in [6.07, 6.45) is 9.74. The second-order valence-corrected chi connectivity index (χ2v) is 4.33. The molecule has 0 fully saturated rings. The van der Waals surface area contributed by atoms with Crippen molar-refractivity contribution in [2.75, 3.05) is 0 Å². The Balaban J connectivity index is 2.69. The first kappa shape index (κ1) is 14.7. The molecular formula is C14H20O4. The smallest absolute Gasteiger partial charge is 0.330 e. The molecule has 1 heterocycles. The van der Waals surface area contributed by atoms with Crippen molar-refractivity contribution in [1.29, 1.82) is 0 Å². The van der Waals surface area contributed by atoms with Gasteiger partial charge in [0.05, 0.1) is 18.3 Å². The minimum Gasteiger partial charge on any atom is -0.460 e. The molecule has 3 atom stereocenters. The molecule has 0 saturated heterocycles. The third-order valence-electron chi connectivity index (χ3n) is 2.57. The normalized spacial score (nSPS) is 36.2. The summed E-state index contributed by atoms with van der Waals surface area (Å²) in [5, 5.41) is 19.0. The number of cyclic esters (lactones) is 1. The highest BCUT2D eigenvalue weighted by Gasteiger charge is 2.07. The predicted octanol–water partition coefficient (Wildman–Crippen LogP) is 1.49. The Morgan fingerprint density at radius 1 is 1.17 bits per heavy atom. The third kappa shape index (κ3) is 6.37. The quantitative estimate of drug-likeness (QED) is 0.301. The molecule has 0 aromatic carbocycles. The Hall–Kier alpha value is -1.39. The first-order valence-electron chi connectivity index (χ1n) is 6.18. The predicted molar refractivity (Wildman–Crippen MR) is 68.8 cm³/mol. The maximum Gasteiger partial charge on any atom is 0.330 e. The molecule has 2 N–H and O–H groups in total. The highest BCUT2D eigenvalue weighted by molar-refractivity contribution is 5.82. The van der Waals surface area contributed by atoms with Crippen molar-refractivity contribution in [2.45, 2.75) is 44.5 Å². The summed E-state index contributed by atoms with van der Waals surface area (Å²) in [6.45, 7) is 1.84. The molecular weight excluding hydrogens is 243 g/mol. The summed E-state index contributed by atoms with van der Waals surface area (Å²) in [6, 6.07) is 0. The molecule has 0 aromatic rings. The topological polar surface area (TPSA) is 66.8 Å². The maximum atomic E-state index is 11.4. The van der Waals surface area contributed by atoms with Crippen LogP contribution in [0.25, 0.3) is 0 Å². The van der Waals surface area contributed by atoms with Gasteiger partial charge < -0.3 is 14.9 Å². The van der Waals surface area contributed by atoms with E-state index in [2.05, 4.69) is 0 Å². The van der Waals surface area contributed by atoms with Crippen molar-refractivity contribution in [3.8, 4) is 0 Å². The molecule has 0 aromatic heterocycles. The molecule has 0 amide bonds. The number of carbonyl (C=O) groups is 1. The zero-order valence-electron chi connectivity index (χ0n) is 10.5. The Bertz CT molecular complexity index is 344. The summed E-state index contributed by atoms with van der Waals surface area (Å²) in [7, 11) is 0. The molecule has 0 bridgehead atoms. The summed E-state index contributed by atoms with van der Waals surface area (Å²) >= 11 is 0. The number of ether oxygens (including phenoxy) is 1. The van der Waals surface area contributed by atoms with E-state index in [1.807, 2.05) is 13.0 Å². The molecule has 4 nitrogen and oxygen atoms in total. The fourth-order valence-corrected chi connectivity index (χ4v) is 1.59. The monoisotopic (exact) mass is 263 g/mol. The average molecular weight is 263 g/mol. The Morgan fingerprint density at radius 3 is 2.56 bits per heavy atom. The Kier molecular flexibility index (Phi) is 6.39. The Morgan fingerprint density at radius 2 is 1.83 bits per heavy atom. The van der Waals surface area contributed by atoms with Gasteiger partial charge in [-0.25, -0.2) is 4.79 Å². The van der Waals surface area contributed by atoms with Crippen molar-refractivity contribution >= 4 is 5.97 Å². The van der Waals surface area contributed by atoms with Gasteiger partial charge in [-0.15, -0.1) is 0 Å². The van der Waals surface area contributed by atoms with E-state index in [1.54, 1.807) is 6.08 Å². The summed E-state index contributed by atoms with van der Waals surface area (Å²) in [4.78, 5) is 11.4. The van der Waals surface area contributed by atoms with Gasteiger partial charge in [0.25, 0.3) is 0 Å². The SMILES string of the molecule is C[13C@@H]1C[13CH2]C/[13CH]=C/[13C@H]([18OH])/C=[13CH]/[C@H]([18OH])/[13CH]=C/[13C](=O)O1. The first-order valence-corrected chi connectivity index (χ1v) is 6.18. The average Bonchev–Trinajstić information content (AvgIpc) is 2.32. The van der Waals surface area contributed by atoms with Crippen molar-refractivity contribution in [3.63, 3.8) is 0 Å². The van der Waals surface area contributed by atoms with Crippen LogP contribution in [-0.2, 0) is 9.53 Å². The number of aliphatic hydroxyl groups is 2. The highest BCUT2D eigenvalue weighted by Crippen LogP contribution is 2.07. The van der Waals surface area contributed by atoms with Crippen molar-refractivity contribution in [1.82, 2.24) is 0 Å². The van der Waals surface area contributed by atoms with Crippen LogP contribution in [0.2, 0.25) is 0 Å². The molecule has 0 spiro atoms. The second-order valence-electron chi connectivity index (χ2n) is 4.33. The lowest BCUT2D eigenvalue weighted by Gasteiger charge is -2.11. The van der Waals surface area contributed by atoms with Crippen LogP contribution in [-0.4, -0.2) is 34.5 Å². The van der Waals surface area contributed by atoms with Crippen LogP contribution < -0.4 is 0 Å². The van der Waals surface area contributed by atoms with Gasteiger partial charge in [0.15, 0.2) is 0 Å². The lowest BCUT2D eigenvalue weighted by Crippen LogP contribution is -2.13. The fraction of sp³-hybridized carbons (Fsp3) is 0.500. The highest BCUT2D eigenvalue weighted by atomic mass is 18.2. The van der Waals surface area contributed by atoms with Crippen LogP contribution in [0.3, 0.4) is 0 Å². The van der Waals surface area contributed by atoms with Gasteiger partial charge in [-0.3, -0.25) is 0 Å². The molecule has 18 heavy (non-hydrogen) atoms. The van der Waals surface area contributed by atoms with Crippen molar-refractivity contribution in [2.24, 2.45) is 0 Å². The van der Waals surface area contributed by atoms with E-state index in [9.17, 15) is 15.0 Å². The molecule has 1 rings (SSSR count). The molecule has 0 radical (unpaired) electrons. The number of aliphatic hydroxyl groups excluding tert-OH is 2. The summed E-state index contributed by atoms with van der Waals surface area (Å²) in [5.41, 5.74) is 0. The van der Waals surface area contributed by atoms with Crippen LogP contribution in [0.5, 0.6) is 0 Å². The molecule has 4 heteroatoms. The van der Waals surface area contributed by atoms with Crippen LogP contribution in [0.4, 0.5) is 0 Å². The first-order chi connectivity index (χ1) is 8.58. The van der Waals surface area contributed by atoms with Gasteiger partial charge in [-0.2, -0.15) is 0 Å². The standard InChI is InChI=1S/C14H20O4/c1-11-5-3-2-4-6-12(15)7-8-13(16)9-10-14(17)18-11/h4,6-13,15-16H,2-3,5H2,1H3/b6-4+,8-7+,10-9+/t11-,12+,13+/m1/s1/i3+1,4+1,8+1,9+1,11+1,12+1,14+1,15+2,16+2. The van der Waals surface area contributed by atoms with Gasteiger partial charge in [0.1, 0.15) is 0 Å². The van der Waals surface area contributed by atoms with E-state index >= 15 is 0 Å². The van der Waals surface area contributed by atoms with Gasteiger partial charge in [0, 0.05) is 6.08 Å². The fourth-order valence-electron chi connectivity index (χ4n) is 1.59. The van der Waals surface area contributed by atoms with Crippen molar-refractivity contribution in [3.05, 3.63) is 36.5 Å². The maximum absolute atomic E-state index is 11.4. The van der Waals surface area contributed by atoms with Gasteiger partial charge in [0.2, 0.25) is 0 Å². The number of allylic oxidation sites excluding steroid dienone is 1. The van der Waals surface area contributed by atoms with E-state index in [1.165, 1.54) is 24.3 Å². The van der Waals surface area contributed by atoms with Crippen molar-refractivity contribution < 1.29 is 19.7 Å². The van der Waals surface area contributed by atoms with Crippen LogP contribution in [0.1, 0.15) is 26.2 Å². The molecule has 100 valence electrons. The number of hydrogen-bond acceptors (Lipinski definition) is 4. The van der Waals surface area contributed by atoms with E-state index in [0.29, 0.717) is 0 Å². The third-order valence-corrected chi connectivity index (χ3v) is 2.57. The number of esters is 1. The minimum absolute atomic E-state index is 0.143. The number of rotatable bonds is 0. The van der Waals surface area contributed by atoms with Gasteiger partial charge >= 0.3 is 5.97 Å². The largest absolute Gasteiger partial charge is 0.460 e. The van der Waals surface area contributed by atoms with Crippen LogP contribution in [0, 0.1) is 0 Å². The number of carbonyl (C=O) groups excluding carboxylic acids is 1. The second kappa shape index (κ2) is 7.84. The summed E-state index contributed by atoms with van der Waals surface area (Å²) in [5.74, 6) is -0.455. The van der Waals surface area contributed by atoms with Gasteiger partial charge in [-0.1, -0.05) is 24.3 Å². The zero-order chi connectivity index (χ0) is 13.4. The molecule has 0 aliphatic carbocycles. The minimum atomic E-state index is -0.904. The molecule has 0 unspecified atom stereocenters. The Labute approximate surface area is 107 Å². The summed E-state index contributed by atoms with van der Waals surface area (Å²) < 4.78 is 5.13. The zero-order valence-corrected chi connectivity index (χ0v) is 10.5. The molecule has 0 saturated carbocycles. The molecule has 1 aliphatic rings. The lowest BCUT2D eigenvalue weighted by atomic mass is 10.6. The molecule has 1 aliphatic heterocycles. The number of hydrogen-bond donors (Lipinski definition) is 2. The van der Waals surface area contributed by atoms with E-state index in [0.717, 1.165) is 19.3 Å². The van der Waals surface area contributed by atoms with Crippen LogP contribution >= 0.6 is 0 Å². The van der Waals surface area contributed by atoms with Crippen LogP contribution in [0.15, 0.2) is 36.5 Å². The van der Waals surface area contributed by atoms with E-state index in [4.69, 9.17) is 4.74 Å². The lowest BCUT2D eigenvalue weighted by molar-refractivity contribution is -0.142. The van der Waals surface area contributed by atoms with E-state index < -0.39 is 18.2 Å². The van der Waals surface area contributed by atoms with Gasteiger partial charge in [-0.05, 0) is 32.3 Å². The van der Waals surface area contributed by atoms with E-state index in [-0.39, 0.29) is 6.10 Å².